The van der Waals surface area contributed by atoms with Crippen molar-refractivity contribution in [2.75, 3.05) is 31.6 Å². The fourth-order valence-corrected chi connectivity index (χ4v) is 4.89. The average Bonchev–Trinajstić information content (AvgIpc) is 2.75. The molecule has 0 spiro atoms. The molecule has 0 bridgehead atoms. The van der Waals surface area contributed by atoms with E-state index in [1.54, 1.807) is 43.3 Å². The first-order chi connectivity index (χ1) is 14.4. The van der Waals surface area contributed by atoms with Gasteiger partial charge in [-0.1, -0.05) is 18.2 Å². The molecule has 1 fully saturated rings. The highest BCUT2D eigenvalue weighted by molar-refractivity contribution is 7.89. The van der Waals surface area contributed by atoms with Crippen molar-refractivity contribution < 1.29 is 17.5 Å². The minimum Gasteiger partial charge on any atom is -0.379 e. The van der Waals surface area contributed by atoms with Crippen molar-refractivity contribution in [1.82, 2.24) is 14.5 Å². The summed E-state index contributed by atoms with van der Waals surface area (Å²) < 4.78 is 46.2. The first-order valence-corrected chi connectivity index (χ1v) is 10.9. The Morgan fingerprint density at radius 2 is 1.83 bits per heavy atom. The largest absolute Gasteiger partial charge is 0.379 e. The van der Waals surface area contributed by atoms with E-state index in [1.807, 2.05) is 6.07 Å². The number of hydrogen-bond acceptors (Lipinski definition) is 6. The van der Waals surface area contributed by atoms with E-state index in [2.05, 4.69) is 15.5 Å². The molecule has 3 aromatic rings. The Balaban J connectivity index is 1.59. The summed E-state index contributed by atoms with van der Waals surface area (Å²) in [6.45, 7) is 3.24. The first-order valence-electron chi connectivity index (χ1n) is 9.49. The summed E-state index contributed by atoms with van der Waals surface area (Å²) >= 11 is 0. The van der Waals surface area contributed by atoms with Crippen LogP contribution in [0.3, 0.4) is 0 Å². The minimum absolute atomic E-state index is 0.255. The van der Waals surface area contributed by atoms with Crippen LogP contribution in [-0.4, -0.2) is 49.2 Å². The predicted molar refractivity (Wildman–Crippen MR) is 111 cm³/mol. The van der Waals surface area contributed by atoms with Crippen LogP contribution in [0.15, 0.2) is 59.5 Å². The molecule has 1 N–H and O–H groups in total. The number of aryl methyl sites for hydroxylation is 1. The zero-order chi connectivity index (χ0) is 21.1. The van der Waals surface area contributed by atoms with E-state index in [-0.39, 0.29) is 10.7 Å². The van der Waals surface area contributed by atoms with Gasteiger partial charge in [0.1, 0.15) is 5.82 Å². The van der Waals surface area contributed by atoms with Gasteiger partial charge < -0.3 is 10.1 Å². The van der Waals surface area contributed by atoms with E-state index < -0.39 is 10.0 Å². The molecular weight excluding hydrogens is 407 g/mol. The Morgan fingerprint density at radius 1 is 1.03 bits per heavy atom. The molecule has 156 valence electrons. The topological polar surface area (TPSA) is 84.4 Å². The smallest absolute Gasteiger partial charge is 0.243 e. The SMILES string of the molecule is Cc1ccc(-c2ccc(Nc3cccc(F)c3)nn2)cc1S(=O)(=O)N1CCOCC1. The molecule has 2 heterocycles. The average molecular weight is 428 g/mol. The van der Waals surface area contributed by atoms with Gasteiger partial charge in [-0.3, -0.25) is 0 Å². The molecule has 2 aromatic carbocycles. The molecule has 9 heteroatoms. The molecule has 0 radical (unpaired) electrons. The van der Waals surface area contributed by atoms with Crippen LogP contribution >= 0.6 is 0 Å². The highest BCUT2D eigenvalue weighted by atomic mass is 32.2. The third-order valence-electron chi connectivity index (χ3n) is 4.83. The molecule has 0 amide bonds. The lowest BCUT2D eigenvalue weighted by Gasteiger charge is -2.26. The highest BCUT2D eigenvalue weighted by Crippen LogP contribution is 2.27. The van der Waals surface area contributed by atoms with Gasteiger partial charge in [-0.25, -0.2) is 12.8 Å². The molecule has 30 heavy (non-hydrogen) atoms. The Hall–Kier alpha value is -2.88. The van der Waals surface area contributed by atoms with Crippen molar-refractivity contribution >= 4 is 21.5 Å². The fraction of sp³-hybridized carbons (Fsp3) is 0.238. The lowest BCUT2D eigenvalue weighted by molar-refractivity contribution is 0.0730. The van der Waals surface area contributed by atoms with Gasteiger partial charge in [0.25, 0.3) is 0 Å². The van der Waals surface area contributed by atoms with Crippen LogP contribution < -0.4 is 5.32 Å². The van der Waals surface area contributed by atoms with Crippen molar-refractivity contribution in [1.29, 1.82) is 0 Å². The number of hydrogen-bond donors (Lipinski definition) is 1. The second kappa shape index (κ2) is 8.47. The standard InChI is InChI=1S/C21H21FN4O3S/c1-15-5-6-16(13-20(15)30(27,28)26-9-11-29-12-10-26)19-7-8-21(25-24-19)23-18-4-2-3-17(22)14-18/h2-8,13-14H,9-12H2,1H3,(H,23,25). The number of aromatic nitrogens is 2. The van der Waals surface area contributed by atoms with Crippen LogP contribution in [0.4, 0.5) is 15.9 Å². The van der Waals surface area contributed by atoms with E-state index in [0.29, 0.717) is 54.6 Å². The summed E-state index contributed by atoms with van der Waals surface area (Å²) in [5.41, 5.74) is 2.42. The van der Waals surface area contributed by atoms with Crippen LogP contribution in [0.2, 0.25) is 0 Å². The molecule has 0 aliphatic carbocycles. The molecule has 1 aromatic heterocycles. The maximum atomic E-state index is 13.3. The highest BCUT2D eigenvalue weighted by Gasteiger charge is 2.28. The van der Waals surface area contributed by atoms with Crippen molar-refractivity contribution in [2.45, 2.75) is 11.8 Å². The Morgan fingerprint density at radius 3 is 2.53 bits per heavy atom. The zero-order valence-corrected chi connectivity index (χ0v) is 17.2. The third kappa shape index (κ3) is 4.33. The number of benzene rings is 2. The normalized spacial score (nSPS) is 15.1. The first kappa shape index (κ1) is 20.4. The summed E-state index contributed by atoms with van der Waals surface area (Å²) in [4.78, 5) is 0.255. The number of nitrogens with zero attached hydrogens (tertiary/aromatic N) is 3. The predicted octanol–water partition coefficient (Wildman–Crippen LogP) is 3.36. The van der Waals surface area contributed by atoms with E-state index >= 15 is 0 Å². The number of sulfonamides is 1. The maximum absolute atomic E-state index is 13.3. The molecule has 1 aliphatic heterocycles. The van der Waals surface area contributed by atoms with Crippen molar-refractivity contribution in [2.24, 2.45) is 0 Å². The van der Waals surface area contributed by atoms with Crippen LogP contribution in [0.25, 0.3) is 11.3 Å². The molecule has 1 saturated heterocycles. The number of morpholine rings is 1. The Kier molecular flexibility index (Phi) is 5.76. The van der Waals surface area contributed by atoms with Crippen LogP contribution in [-0.2, 0) is 14.8 Å². The number of rotatable bonds is 5. The maximum Gasteiger partial charge on any atom is 0.243 e. The number of anilines is 2. The van der Waals surface area contributed by atoms with Crippen molar-refractivity contribution in [3.8, 4) is 11.3 Å². The van der Waals surface area contributed by atoms with E-state index in [9.17, 15) is 12.8 Å². The molecule has 0 saturated carbocycles. The van der Waals surface area contributed by atoms with Gasteiger partial charge in [0, 0.05) is 24.3 Å². The summed E-state index contributed by atoms with van der Waals surface area (Å²) in [7, 11) is -3.62. The zero-order valence-electron chi connectivity index (χ0n) is 16.4. The summed E-state index contributed by atoms with van der Waals surface area (Å²) in [5, 5.41) is 11.3. The van der Waals surface area contributed by atoms with Crippen molar-refractivity contribution in [3.63, 3.8) is 0 Å². The van der Waals surface area contributed by atoms with Gasteiger partial charge in [0.2, 0.25) is 10.0 Å². The summed E-state index contributed by atoms with van der Waals surface area (Å²) in [6, 6.07) is 14.7. The molecule has 1 aliphatic rings. The fourth-order valence-electron chi connectivity index (χ4n) is 3.23. The van der Waals surface area contributed by atoms with Crippen molar-refractivity contribution in [3.05, 3.63) is 66.0 Å². The quantitative estimate of drug-likeness (QED) is 0.671. The Bertz CT molecular complexity index is 1150. The van der Waals surface area contributed by atoms with Gasteiger partial charge >= 0.3 is 0 Å². The van der Waals surface area contributed by atoms with Crippen LogP contribution in [0, 0.1) is 12.7 Å². The molecule has 7 nitrogen and oxygen atoms in total. The van der Waals surface area contributed by atoms with Gasteiger partial charge in [-0.2, -0.15) is 4.31 Å². The molecule has 0 unspecified atom stereocenters. The van der Waals surface area contributed by atoms with Gasteiger partial charge in [-0.15, -0.1) is 10.2 Å². The number of ether oxygens (including phenoxy) is 1. The molecule has 0 atom stereocenters. The van der Waals surface area contributed by atoms with Gasteiger partial charge in [0.15, 0.2) is 5.82 Å². The second-order valence-corrected chi connectivity index (χ2v) is 8.84. The third-order valence-corrected chi connectivity index (χ3v) is 6.87. The van der Waals surface area contributed by atoms with Crippen LogP contribution in [0.1, 0.15) is 5.56 Å². The molecular formula is C21H21FN4O3S. The number of halogens is 1. The Labute approximate surface area is 174 Å². The molecule has 4 rings (SSSR count). The van der Waals surface area contributed by atoms with Gasteiger partial charge in [0.05, 0.1) is 23.8 Å². The monoisotopic (exact) mass is 428 g/mol. The number of nitrogens with one attached hydrogen (secondary N) is 1. The minimum atomic E-state index is -3.62. The van der Waals surface area contributed by atoms with Gasteiger partial charge in [-0.05, 0) is 48.9 Å². The summed E-state index contributed by atoms with van der Waals surface area (Å²) in [5.74, 6) is 0.107. The summed E-state index contributed by atoms with van der Waals surface area (Å²) in [6.07, 6.45) is 0. The lowest BCUT2D eigenvalue weighted by atomic mass is 10.1. The lowest BCUT2D eigenvalue weighted by Crippen LogP contribution is -2.40. The van der Waals surface area contributed by atoms with E-state index in [1.165, 1.54) is 16.4 Å². The van der Waals surface area contributed by atoms with Crippen LogP contribution in [0.5, 0.6) is 0 Å². The van der Waals surface area contributed by atoms with E-state index in [0.717, 1.165) is 0 Å². The second-order valence-electron chi connectivity index (χ2n) is 6.94. The van der Waals surface area contributed by atoms with E-state index in [4.69, 9.17) is 4.74 Å².